The first-order chi connectivity index (χ1) is 14.5. The van der Waals surface area contributed by atoms with Crippen molar-refractivity contribution in [3.8, 4) is 5.75 Å². The zero-order chi connectivity index (χ0) is 21.3. The summed E-state index contributed by atoms with van der Waals surface area (Å²) >= 11 is 4.95. The summed E-state index contributed by atoms with van der Waals surface area (Å²) in [7, 11) is 0. The predicted molar refractivity (Wildman–Crippen MR) is 117 cm³/mol. The Labute approximate surface area is 177 Å². The Morgan fingerprint density at radius 1 is 0.967 bits per heavy atom. The number of thiocarbonyl (C=S) groups is 1. The summed E-state index contributed by atoms with van der Waals surface area (Å²) in [6.07, 6.45) is 2.75. The van der Waals surface area contributed by atoms with Crippen molar-refractivity contribution >= 4 is 46.0 Å². The summed E-state index contributed by atoms with van der Waals surface area (Å²) in [6, 6.07) is 19.0. The number of benzene rings is 3. The molecule has 0 heterocycles. The van der Waals surface area contributed by atoms with Gasteiger partial charge in [-0.1, -0.05) is 42.5 Å². The number of hydrogen-bond donors (Lipinski definition) is 3. The lowest BCUT2D eigenvalue weighted by Gasteiger charge is -2.11. The summed E-state index contributed by atoms with van der Waals surface area (Å²) < 4.78 is 18.3. The van der Waals surface area contributed by atoms with E-state index in [1.807, 2.05) is 36.4 Å². The molecular weight excluding hydrogens is 405 g/mol. The number of hydrazine groups is 1. The van der Waals surface area contributed by atoms with Gasteiger partial charge in [-0.3, -0.25) is 25.8 Å². The third-order valence-electron chi connectivity index (χ3n) is 3.94. The average Bonchev–Trinajstić information content (AvgIpc) is 2.75. The molecule has 0 saturated carbocycles. The van der Waals surface area contributed by atoms with Crippen molar-refractivity contribution in [1.82, 2.24) is 16.2 Å². The van der Waals surface area contributed by atoms with Crippen LogP contribution < -0.4 is 20.9 Å². The fourth-order valence-electron chi connectivity index (χ4n) is 2.50. The topological polar surface area (TPSA) is 79.5 Å². The molecule has 8 heteroatoms. The van der Waals surface area contributed by atoms with Crippen LogP contribution >= 0.6 is 12.2 Å². The van der Waals surface area contributed by atoms with Gasteiger partial charge in [0.25, 0.3) is 5.91 Å². The van der Waals surface area contributed by atoms with Gasteiger partial charge in [-0.15, -0.1) is 0 Å². The first-order valence-corrected chi connectivity index (χ1v) is 9.35. The number of carbonyl (C=O) groups is 2. The highest BCUT2D eigenvalue weighted by atomic mass is 32.1. The van der Waals surface area contributed by atoms with Crippen LogP contribution in [-0.4, -0.2) is 23.5 Å². The van der Waals surface area contributed by atoms with Crippen molar-refractivity contribution in [3.63, 3.8) is 0 Å². The van der Waals surface area contributed by atoms with Crippen LogP contribution in [0, 0.1) is 5.82 Å². The van der Waals surface area contributed by atoms with Crippen LogP contribution in [0.4, 0.5) is 4.39 Å². The number of ether oxygens (including phenoxy) is 1. The molecule has 0 aliphatic carbocycles. The van der Waals surface area contributed by atoms with Gasteiger partial charge in [-0.05, 0) is 58.9 Å². The van der Waals surface area contributed by atoms with Gasteiger partial charge in [0.05, 0.1) is 0 Å². The lowest BCUT2D eigenvalue weighted by Crippen LogP contribution is -2.49. The summed E-state index contributed by atoms with van der Waals surface area (Å²) in [6.45, 7) is -0.230. The summed E-state index contributed by atoms with van der Waals surface area (Å²) in [5.74, 6) is -0.770. The fourth-order valence-corrected chi connectivity index (χ4v) is 2.65. The number of amides is 2. The highest BCUT2D eigenvalue weighted by Crippen LogP contribution is 2.20. The van der Waals surface area contributed by atoms with Crippen molar-refractivity contribution in [3.05, 3.63) is 84.2 Å². The number of carbonyl (C=O) groups excluding carboxylic acids is 2. The van der Waals surface area contributed by atoms with E-state index in [1.54, 1.807) is 6.07 Å². The van der Waals surface area contributed by atoms with Gasteiger partial charge in [0.2, 0.25) is 5.91 Å². The van der Waals surface area contributed by atoms with E-state index >= 15 is 0 Å². The Kier molecular flexibility index (Phi) is 7.07. The Bertz CT molecular complexity index is 1100. The minimum Gasteiger partial charge on any atom is -0.484 e. The van der Waals surface area contributed by atoms with Gasteiger partial charge >= 0.3 is 0 Å². The molecule has 3 rings (SSSR count). The maximum atomic E-state index is 12.8. The van der Waals surface area contributed by atoms with Crippen LogP contribution in [0.5, 0.6) is 5.75 Å². The monoisotopic (exact) mass is 423 g/mol. The molecule has 0 aliphatic rings. The molecule has 0 saturated heterocycles. The van der Waals surface area contributed by atoms with E-state index in [0.29, 0.717) is 11.3 Å². The van der Waals surface area contributed by atoms with Crippen LogP contribution in [0.15, 0.2) is 72.8 Å². The molecular formula is C22H18FN3O3S. The summed E-state index contributed by atoms with van der Waals surface area (Å²) in [5, 5.41) is 4.38. The quantitative estimate of drug-likeness (QED) is 0.334. The van der Waals surface area contributed by atoms with Crippen molar-refractivity contribution in [1.29, 1.82) is 0 Å². The Balaban J connectivity index is 1.39. The van der Waals surface area contributed by atoms with Crippen LogP contribution in [0.2, 0.25) is 0 Å². The van der Waals surface area contributed by atoms with Gasteiger partial charge in [0, 0.05) is 6.08 Å². The molecule has 6 nitrogen and oxygen atoms in total. The molecule has 2 amide bonds. The molecule has 3 aromatic carbocycles. The average molecular weight is 423 g/mol. The molecule has 0 aliphatic heterocycles. The van der Waals surface area contributed by atoms with Crippen LogP contribution in [-0.2, 0) is 9.59 Å². The van der Waals surface area contributed by atoms with Crippen molar-refractivity contribution < 1.29 is 18.7 Å². The standard InChI is InChI=1S/C22H18FN3O3S/c23-18-9-5-15(6-10-18)7-12-20(27)24-22(30)26-25-21(28)14-29-19-11-8-16-3-1-2-4-17(16)13-19/h1-13H,14H2,(H,25,28)(H2,24,26,27,30). The smallest absolute Gasteiger partial charge is 0.276 e. The minimum absolute atomic E-state index is 0.0807. The van der Waals surface area contributed by atoms with Gasteiger partial charge in [0.1, 0.15) is 11.6 Å². The second-order valence-electron chi connectivity index (χ2n) is 6.17. The molecule has 152 valence electrons. The molecule has 0 spiro atoms. The third kappa shape index (κ3) is 6.39. The zero-order valence-corrected chi connectivity index (χ0v) is 16.5. The van der Waals surface area contributed by atoms with E-state index in [9.17, 15) is 14.0 Å². The van der Waals surface area contributed by atoms with Crippen LogP contribution in [0.3, 0.4) is 0 Å². The van der Waals surface area contributed by atoms with Gasteiger partial charge in [-0.25, -0.2) is 4.39 Å². The highest BCUT2D eigenvalue weighted by molar-refractivity contribution is 7.80. The van der Waals surface area contributed by atoms with Gasteiger partial charge in [0.15, 0.2) is 11.7 Å². The van der Waals surface area contributed by atoms with Gasteiger partial charge in [-0.2, -0.15) is 0 Å². The number of nitrogens with one attached hydrogen (secondary N) is 3. The molecule has 0 bridgehead atoms. The Morgan fingerprint density at radius 2 is 1.70 bits per heavy atom. The third-order valence-corrected chi connectivity index (χ3v) is 4.14. The van der Waals surface area contributed by atoms with Crippen molar-refractivity contribution in [2.75, 3.05) is 6.61 Å². The highest BCUT2D eigenvalue weighted by Gasteiger charge is 2.06. The molecule has 30 heavy (non-hydrogen) atoms. The molecule has 0 atom stereocenters. The maximum absolute atomic E-state index is 12.8. The molecule has 0 fully saturated rings. The van der Waals surface area contributed by atoms with Crippen LogP contribution in [0.25, 0.3) is 16.8 Å². The Morgan fingerprint density at radius 3 is 2.47 bits per heavy atom. The number of hydrogen-bond acceptors (Lipinski definition) is 4. The first-order valence-electron chi connectivity index (χ1n) is 8.95. The summed E-state index contributed by atoms with van der Waals surface area (Å²) in [4.78, 5) is 23.7. The molecule has 0 unspecified atom stereocenters. The lowest BCUT2D eigenvalue weighted by atomic mass is 10.1. The zero-order valence-electron chi connectivity index (χ0n) is 15.7. The van der Waals surface area contributed by atoms with E-state index in [4.69, 9.17) is 17.0 Å². The summed E-state index contributed by atoms with van der Waals surface area (Å²) in [5.41, 5.74) is 5.42. The van der Waals surface area contributed by atoms with E-state index in [1.165, 1.54) is 36.4 Å². The van der Waals surface area contributed by atoms with E-state index in [0.717, 1.165) is 10.8 Å². The lowest BCUT2D eigenvalue weighted by molar-refractivity contribution is -0.123. The normalized spacial score (nSPS) is 10.6. The van der Waals surface area contributed by atoms with E-state index < -0.39 is 11.8 Å². The second-order valence-corrected chi connectivity index (χ2v) is 6.58. The van der Waals surface area contributed by atoms with Crippen molar-refractivity contribution in [2.45, 2.75) is 0 Å². The SMILES string of the molecule is O=C(C=Cc1ccc(F)cc1)NC(=S)NNC(=O)COc1ccc2ccccc2c1. The predicted octanol–water partition coefficient (Wildman–Crippen LogP) is 3.09. The first kappa shape index (κ1) is 20.9. The van der Waals surface area contributed by atoms with E-state index in [2.05, 4.69) is 16.2 Å². The Hall–Kier alpha value is -3.78. The minimum atomic E-state index is -0.501. The maximum Gasteiger partial charge on any atom is 0.276 e. The van der Waals surface area contributed by atoms with Crippen LogP contribution in [0.1, 0.15) is 5.56 Å². The molecule has 0 aromatic heterocycles. The van der Waals surface area contributed by atoms with Crippen molar-refractivity contribution in [2.24, 2.45) is 0 Å². The fraction of sp³-hybridized carbons (Fsp3) is 0.0455. The number of halogens is 1. The second kappa shape index (κ2) is 10.1. The molecule has 0 radical (unpaired) electrons. The molecule has 3 N–H and O–H groups in total. The van der Waals surface area contributed by atoms with Gasteiger partial charge < -0.3 is 4.74 Å². The van der Waals surface area contributed by atoms with E-state index in [-0.39, 0.29) is 17.5 Å². The number of rotatable bonds is 5. The molecule has 3 aromatic rings. The largest absolute Gasteiger partial charge is 0.484 e. The number of fused-ring (bicyclic) bond motifs is 1.